The van der Waals surface area contributed by atoms with Crippen molar-refractivity contribution in [2.24, 2.45) is 0 Å². The minimum atomic E-state index is 0.264. The van der Waals surface area contributed by atoms with Crippen LogP contribution in [0.25, 0.3) is 11.0 Å². The van der Waals surface area contributed by atoms with Crippen LogP contribution in [0.1, 0.15) is 30.9 Å². The molecule has 2 heterocycles. The van der Waals surface area contributed by atoms with Crippen LogP contribution in [0.4, 0.5) is 5.82 Å². The number of aromatic nitrogens is 4. The summed E-state index contributed by atoms with van der Waals surface area (Å²) < 4.78 is 0. The van der Waals surface area contributed by atoms with Crippen molar-refractivity contribution >= 4 is 28.6 Å². The van der Waals surface area contributed by atoms with Crippen molar-refractivity contribution in [1.82, 2.24) is 19.9 Å². The Bertz CT molecular complexity index is 794. The molecule has 1 aromatic carbocycles. The number of H-pyrrole nitrogens is 1. The SMILES string of the molecule is Cc1ccc2nc(Sc3ncnc(N)c3C(C)C)[nH]c2c1. The summed E-state index contributed by atoms with van der Waals surface area (Å²) in [5.74, 6) is 0.801. The van der Waals surface area contributed by atoms with Crippen LogP contribution in [0, 0.1) is 6.92 Å². The number of hydrogen-bond acceptors (Lipinski definition) is 5. The Morgan fingerprint density at radius 3 is 2.81 bits per heavy atom. The van der Waals surface area contributed by atoms with E-state index in [2.05, 4.69) is 52.8 Å². The van der Waals surface area contributed by atoms with Gasteiger partial charge in [0.1, 0.15) is 17.2 Å². The Morgan fingerprint density at radius 1 is 1.24 bits per heavy atom. The van der Waals surface area contributed by atoms with Gasteiger partial charge in [-0.15, -0.1) is 0 Å². The zero-order valence-electron chi connectivity index (χ0n) is 12.2. The highest BCUT2D eigenvalue weighted by Gasteiger charge is 2.15. The first-order valence-electron chi connectivity index (χ1n) is 6.79. The molecular weight excluding hydrogens is 282 g/mol. The van der Waals surface area contributed by atoms with Crippen LogP contribution < -0.4 is 5.73 Å². The predicted molar refractivity (Wildman–Crippen MR) is 85.5 cm³/mol. The Kier molecular flexibility index (Phi) is 3.55. The van der Waals surface area contributed by atoms with E-state index in [-0.39, 0.29) is 5.92 Å². The lowest BCUT2D eigenvalue weighted by Gasteiger charge is -2.11. The smallest absolute Gasteiger partial charge is 0.172 e. The van der Waals surface area contributed by atoms with E-state index in [4.69, 9.17) is 5.73 Å². The normalized spacial score (nSPS) is 11.4. The van der Waals surface area contributed by atoms with E-state index in [0.717, 1.165) is 26.8 Å². The summed E-state index contributed by atoms with van der Waals surface area (Å²) in [6, 6.07) is 6.16. The van der Waals surface area contributed by atoms with Crippen LogP contribution in [0.15, 0.2) is 34.7 Å². The second-order valence-corrected chi connectivity index (χ2v) is 6.27. The standard InChI is InChI=1S/C15H17N5S/c1-8(2)12-13(16)17-7-18-14(12)21-15-19-10-5-4-9(3)6-11(10)20-15/h4-8H,1-3H3,(H,19,20)(H2,16,17,18). The molecule has 21 heavy (non-hydrogen) atoms. The summed E-state index contributed by atoms with van der Waals surface area (Å²) in [6.45, 7) is 6.23. The van der Waals surface area contributed by atoms with Crippen molar-refractivity contribution in [3.63, 3.8) is 0 Å². The number of imidazole rings is 1. The van der Waals surface area contributed by atoms with E-state index in [9.17, 15) is 0 Å². The number of anilines is 1. The van der Waals surface area contributed by atoms with E-state index in [1.165, 1.54) is 23.7 Å². The van der Waals surface area contributed by atoms with Gasteiger partial charge in [0.05, 0.1) is 11.0 Å². The molecular formula is C15H17N5S. The van der Waals surface area contributed by atoms with E-state index >= 15 is 0 Å². The molecule has 3 rings (SSSR count). The minimum Gasteiger partial charge on any atom is -0.383 e. The second-order valence-electron chi connectivity index (χ2n) is 5.30. The number of aromatic amines is 1. The van der Waals surface area contributed by atoms with Crippen LogP contribution in [-0.4, -0.2) is 19.9 Å². The maximum Gasteiger partial charge on any atom is 0.172 e. The van der Waals surface area contributed by atoms with E-state index in [1.807, 2.05) is 6.07 Å². The third kappa shape index (κ3) is 2.71. The Hall–Kier alpha value is -2.08. The van der Waals surface area contributed by atoms with Gasteiger partial charge in [0.2, 0.25) is 0 Å². The summed E-state index contributed by atoms with van der Waals surface area (Å²) in [5, 5.41) is 1.67. The number of benzene rings is 1. The van der Waals surface area contributed by atoms with Crippen molar-refractivity contribution in [1.29, 1.82) is 0 Å². The molecule has 3 aromatic rings. The molecule has 0 saturated carbocycles. The number of aryl methyl sites for hydroxylation is 1. The van der Waals surface area contributed by atoms with Crippen molar-refractivity contribution in [2.45, 2.75) is 36.9 Å². The molecule has 0 amide bonds. The highest BCUT2D eigenvalue weighted by molar-refractivity contribution is 7.99. The molecule has 0 aliphatic carbocycles. The first-order chi connectivity index (χ1) is 10.0. The largest absolute Gasteiger partial charge is 0.383 e. The molecule has 0 aliphatic heterocycles. The molecule has 2 aromatic heterocycles. The van der Waals surface area contributed by atoms with Gasteiger partial charge >= 0.3 is 0 Å². The summed E-state index contributed by atoms with van der Waals surface area (Å²) in [7, 11) is 0. The molecule has 0 fully saturated rings. The quantitative estimate of drug-likeness (QED) is 0.723. The fraction of sp³-hybridized carbons (Fsp3) is 0.267. The third-order valence-electron chi connectivity index (χ3n) is 3.26. The van der Waals surface area contributed by atoms with Crippen molar-refractivity contribution in [3.8, 4) is 0 Å². The first kappa shape index (κ1) is 13.9. The van der Waals surface area contributed by atoms with Gasteiger partial charge < -0.3 is 10.7 Å². The van der Waals surface area contributed by atoms with Crippen molar-refractivity contribution in [3.05, 3.63) is 35.7 Å². The molecule has 0 atom stereocenters. The maximum atomic E-state index is 5.98. The lowest BCUT2D eigenvalue weighted by Crippen LogP contribution is -2.03. The van der Waals surface area contributed by atoms with E-state index in [0.29, 0.717) is 5.82 Å². The van der Waals surface area contributed by atoms with Gasteiger partial charge in [-0.05, 0) is 42.3 Å². The highest BCUT2D eigenvalue weighted by Crippen LogP contribution is 2.33. The molecule has 0 bridgehead atoms. The van der Waals surface area contributed by atoms with Crippen LogP contribution in [0.2, 0.25) is 0 Å². The number of rotatable bonds is 3. The van der Waals surface area contributed by atoms with E-state index < -0.39 is 0 Å². The van der Waals surface area contributed by atoms with Crippen molar-refractivity contribution in [2.75, 3.05) is 5.73 Å². The lowest BCUT2D eigenvalue weighted by molar-refractivity contribution is 0.807. The molecule has 5 nitrogen and oxygen atoms in total. The second kappa shape index (κ2) is 5.37. The van der Waals surface area contributed by atoms with Crippen LogP contribution in [-0.2, 0) is 0 Å². The van der Waals surface area contributed by atoms with Crippen LogP contribution >= 0.6 is 11.8 Å². The van der Waals surface area contributed by atoms with Gasteiger partial charge in [-0.25, -0.2) is 15.0 Å². The molecule has 0 saturated heterocycles. The number of nitrogen functional groups attached to an aromatic ring is 1. The molecule has 0 spiro atoms. The van der Waals surface area contributed by atoms with Gasteiger partial charge in [0, 0.05) is 5.56 Å². The summed E-state index contributed by atoms with van der Waals surface area (Å²) in [4.78, 5) is 16.3. The van der Waals surface area contributed by atoms with Gasteiger partial charge in [0.15, 0.2) is 5.16 Å². The average Bonchev–Trinajstić information content (AvgIpc) is 2.79. The van der Waals surface area contributed by atoms with Crippen molar-refractivity contribution < 1.29 is 0 Å². The molecule has 0 aliphatic rings. The van der Waals surface area contributed by atoms with Gasteiger partial charge in [0.25, 0.3) is 0 Å². The number of fused-ring (bicyclic) bond motifs is 1. The first-order valence-corrected chi connectivity index (χ1v) is 7.61. The van der Waals surface area contributed by atoms with Gasteiger partial charge in [-0.2, -0.15) is 0 Å². The van der Waals surface area contributed by atoms with Gasteiger partial charge in [-0.3, -0.25) is 0 Å². The van der Waals surface area contributed by atoms with Crippen LogP contribution in [0.5, 0.6) is 0 Å². The minimum absolute atomic E-state index is 0.264. The van der Waals surface area contributed by atoms with E-state index in [1.54, 1.807) is 0 Å². The summed E-state index contributed by atoms with van der Waals surface area (Å²) >= 11 is 1.49. The summed E-state index contributed by atoms with van der Waals surface area (Å²) in [6.07, 6.45) is 1.50. The van der Waals surface area contributed by atoms with Gasteiger partial charge in [-0.1, -0.05) is 19.9 Å². The zero-order valence-corrected chi connectivity index (χ0v) is 13.0. The topological polar surface area (TPSA) is 80.5 Å². The molecule has 6 heteroatoms. The highest BCUT2D eigenvalue weighted by atomic mass is 32.2. The molecule has 0 unspecified atom stereocenters. The number of hydrogen-bond donors (Lipinski definition) is 2. The lowest BCUT2D eigenvalue weighted by atomic mass is 10.1. The Balaban J connectivity index is 2.00. The zero-order chi connectivity index (χ0) is 15.0. The summed E-state index contributed by atoms with van der Waals surface area (Å²) in [5.41, 5.74) is 10.1. The monoisotopic (exact) mass is 299 g/mol. The third-order valence-corrected chi connectivity index (χ3v) is 4.17. The number of nitrogens with one attached hydrogen (secondary N) is 1. The number of nitrogens with two attached hydrogens (primary N) is 1. The Morgan fingerprint density at radius 2 is 2.05 bits per heavy atom. The fourth-order valence-electron chi connectivity index (χ4n) is 2.26. The molecule has 108 valence electrons. The Labute approximate surface area is 127 Å². The van der Waals surface area contributed by atoms with Crippen LogP contribution in [0.3, 0.4) is 0 Å². The fourth-order valence-corrected chi connectivity index (χ4v) is 3.29. The number of nitrogens with zero attached hydrogens (tertiary/aromatic N) is 3. The molecule has 3 N–H and O–H groups in total. The molecule has 0 radical (unpaired) electrons. The predicted octanol–water partition coefficient (Wildman–Crippen LogP) is 3.52. The average molecular weight is 299 g/mol. The maximum absolute atomic E-state index is 5.98.